The Labute approximate surface area is 141 Å². The Morgan fingerprint density at radius 2 is 2.04 bits per heavy atom. The highest BCUT2D eigenvalue weighted by Crippen LogP contribution is 2.27. The molecule has 1 aromatic carbocycles. The van der Waals surface area contributed by atoms with E-state index in [9.17, 15) is 9.59 Å². The molecule has 24 heavy (non-hydrogen) atoms. The van der Waals surface area contributed by atoms with E-state index < -0.39 is 0 Å². The Balaban J connectivity index is 1.59. The lowest BCUT2D eigenvalue weighted by Crippen LogP contribution is -2.21. The summed E-state index contributed by atoms with van der Waals surface area (Å²) in [6.45, 7) is 2.08. The molecule has 1 aliphatic carbocycles. The Hall–Kier alpha value is -2.63. The van der Waals surface area contributed by atoms with E-state index in [4.69, 9.17) is 0 Å². The van der Waals surface area contributed by atoms with Crippen molar-refractivity contribution in [2.45, 2.75) is 39.2 Å². The van der Waals surface area contributed by atoms with Crippen molar-refractivity contribution in [3.05, 3.63) is 42.2 Å². The van der Waals surface area contributed by atoms with Gasteiger partial charge in [-0.1, -0.05) is 12.8 Å². The number of hydrogen-bond acceptors (Lipinski definition) is 3. The molecule has 2 amide bonds. The molecular formula is C18H22N4O2. The van der Waals surface area contributed by atoms with E-state index in [1.54, 1.807) is 23.1 Å². The number of nitrogens with zero attached hydrogens (tertiary/aromatic N) is 2. The van der Waals surface area contributed by atoms with E-state index in [-0.39, 0.29) is 24.3 Å². The first kappa shape index (κ1) is 16.2. The predicted molar refractivity (Wildman–Crippen MR) is 92.6 cm³/mol. The largest absolute Gasteiger partial charge is 0.326 e. The summed E-state index contributed by atoms with van der Waals surface area (Å²) in [7, 11) is 0. The van der Waals surface area contributed by atoms with Gasteiger partial charge in [0.25, 0.3) is 0 Å². The van der Waals surface area contributed by atoms with Crippen LogP contribution >= 0.6 is 0 Å². The Bertz CT molecular complexity index is 719. The molecule has 2 N–H and O–H groups in total. The van der Waals surface area contributed by atoms with Crippen LogP contribution in [0.4, 0.5) is 11.4 Å². The molecule has 0 spiro atoms. The second-order valence-corrected chi connectivity index (χ2v) is 6.25. The Kier molecular flexibility index (Phi) is 4.93. The van der Waals surface area contributed by atoms with Crippen molar-refractivity contribution in [3.63, 3.8) is 0 Å². The molecule has 1 aromatic heterocycles. The maximum absolute atomic E-state index is 12.2. The number of hydrogen-bond donors (Lipinski definition) is 2. The quantitative estimate of drug-likeness (QED) is 0.887. The number of rotatable bonds is 5. The average Bonchev–Trinajstić information content (AvgIpc) is 3.23. The molecule has 0 radical (unpaired) electrons. The zero-order valence-electron chi connectivity index (χ0n) is 13.8. The van der Waals surface area contributed by atoms with E-state index in [0.29, 0.717) is 0 Å². The maximum Gasteiger partial charge on any atom is 0.246 e. The van der Waals surface area contributed by atoms with Crippen LogP contribution in [0.1, 0.15) is 31.2 Å². The van der Waals surface area contributed by atoms with Gasteiger partial charge in [-0.3, -0.25) is 14.3 Å². The molecule has 3 rings (SSSR count). The number of benzene rings is 1. The van der Waals surface area contributed by atoms with Crippen LogP contribution < -0.4 is 10.6 Å². The minimum atomic E-state index is -0.135. The lowest BCUT2D eigenvalue weighted by atomic mass is 10.1. The highest BCUT2D eigenvalue weighted by atomic mass is 16.2. The SMILES string of the molecule is Cc1cc(NC(=O)C2CCCC2)ccc1NC(=O)Cn1cccn1. The van der Waals surface area contributed by atoms with Crippen LogP contribution in [0.5, 0.6) is 0 Å². The third-order valence-corrected chi connectivity index (χ3v) is 4.36. The monoisotopic (exact) mass is 326 g/mol. The zero-order valence-corrected chi connectivity index (χ0v) is 13.8. The minimum absolute atomic E-state index is 0.0994. The van der Waals surface area contributed by atoms with Gasteiger partial charge in [-0.2, -0.15) is 5.10 Å². The molecule has 126 valence electrons. The van der Waals surface area contributed by atoms with Crippen molar-refractivity contribution in [1.82, 2.24) is 9.78 Å². The first-order valence-corrected chi connectivity index (χ1v) is 8.30. The molecule has 1 aliphatic rings. The van der Waals surface area contributed by atoms with E-state index >= 15 is 0 Å². The highest BCUT2D eigenvalue weighted by Gasteiger charge is 2.22. The summed E-state index contributed by atoms with van der Waals surface area (Å²) in [6.07, 6.45) is 7.61. The van der Waals surface area contributed by atoms with Crippen LogP contribution in [0.2, 0.25) is 0 Å². The number of carbonyl (C=O) groups excluding carboxylic acids is 2. The van der Waals surface area contributed by atoms with Crippen LogP contribution in [0.3, 0.4) is 0 Å². The van der Waals surface area contributed by atoms with Gasteiger partial charge in [-0.15, -0.1) is 0 Å². The molecule has 0 bridgehead atoms. The topological polar surface area (TPSA) is 76.0 Å². The summed E-state index contributed by atoms with van der Waals surface area (Å²) >= 11 is 0. The predicted octanol–water partition coefficient (Wildman–Crippen LogP) is 2.96. The number of anilines is 2. The molecular weight excluding hydrogens is 304 g/mol. The maximum atomic E-state index is 12.2. The van der Waals surface area contributed by atoms with Gasteiger partial charge in [-0.25, -0.2) is 0 Å². The van der Waals surface area contributed by atoms with Crippen molar-refractivity contribution in [2.75, 3.05) is 10.6 Å². The van der Waals surface area contributed by atoms with Gasteiger partial charge in [0.1, 0.15) is 6.54 Å². The molecule has 6 heteroatoms. The van der Waals surface area contributed by atoms with Crippen molar-refractivity contribution in [2.24, 2.45) is 5.92 Å². The van der Waals surface area contributed by atoms with E-state index in [0.717, 1.165) is 42.6 Å². The lowest BCUT2D eigenvalue weighted by molar-refractivity contribution is -0.119. The lowest BCUT2D eigenvalue weighted by Gasteiger charge is -2.13. The summed E-state index contributed by atoms with van der Waals surface area (Å²) in [5.41, 5.74) is 2.42. The van der Waals surface area contributed by atoms with Gasteiger partial charge in [0.05, 0.1) is 0 Å². The Morgan fingerprint density at radius 3 is 2.71 bits per heavy atom. The fourth-order valence-corrected chi connectivity index (χ4v) is 3.04. The molecule has 0 unspecified atom stereocenters. The molecule has 0 saturated heterocycles. The summed E-state index contributed by atoms with van der Waals surface area (Å²) in [5, 5.41) is 9.86. The second-order valence-electron chi connectivity index (χ2n) is 6.25. The van der Waals surface area contributed by atoms with Crippen LogP contribution in [0.25, 0.3) is 0 Å². The number of nitrogens with one attached hydrogen (secondary N) is 2. The third-order valence-electron chi connectivity index (χ3n) is 4.36. The molecule has 6 nitrogen and oxygen atoms in total. The van der Waals surface area contributed by atoms with Crippen molar-refractivity contribution in [1.29, 1.82) is 0 Å². The highest BCUT2D eigenvalue weighted by molar-refractivity contribution is 5.94. The molecule has 1 heterocycles. The van der Waals surface area contributed by atoms with Gasteiger partial charge in [0.2, 0.25) is 11.8 Å². The molecule has 1 fully saturated rings. The number of carbonyl (C=O) groups is 2. The smallest absolute Gasteiger partial charge is 0.246 e. The summed E-state index contributed by atoms with van der Waals surface area (Å²) in [6, 6.07) is 7.31. The number of amides is 2. The van der Waals surface area contributed by atoms with Gasteiger partial charge >= 0.3 is 0 Å². The van der Waals surface area contributed by atoms with Crippen molar-refractivity contribution in [3.8, 4) is 0 Å². The van der Waals surface area contributed by atoms with E-state index in [1.807, 2.05) is 25.1 Å². The van der Waals surface area contributed by atoms with E-state index in [2.05, 4.69) is 15.7 Å². The van der Waals surface area contributed by atoms with Crippen LogP contribution in [0.15, 0.2) is 36.7 Å². The molecule has 0 aliphatic heterocycles. The second kappa shape index (κ2) is 7.29. The first-order valence-electron chi connectivity index (χ1n) is 8.30. The summed E-state index contributed by atoms with van der Waals surface area (Å²) in [5.74, 6) is 0.102. The normalized spacial score (nSPS) is 14.5. The Morgan fingerprint density at radius 1 is 1.25 bits per heavy atom. The fraction of sp³-hybridized carbons (Fsp3) is 0.389. The van der Waals surface area contributed by atoms with E-state index in [1.165, 1.54) is 0 Å². The van der Waals surface area contributed by atoms with Crippen LogP contribution in [0, 0.1) is 12.8 Å². The molecule has 2 aromatic rings. The van der Waals surface area contributed by atoms with Crippen molar-refractivity contribution < 1.29 is 9.59 Å². The number of aromatic nitrogens is 2. The minimum Gasteiger partial charge on any atom is -0.326 e. The standard InChI is InChI=1S/C18H22N4O2/c1-13-11-15(20-18(24)14-5-2-3-6-14)7-8-16(13)21-17(23)12-22-10-4-9-19-22/h4,7-11,14H,2-3,5-6,12H2,1H3,(H,20,24)(H,21,23). The molecule has 0 atom stereocenters. The third kappa shape index (κ3) is 4.01. The molecule has 1 saturated carbocycles. The van der Waals surface area contributed by atoms with Gasteiger partial charge < -0.3 is 10.6 Å². The first-order chi connectivity index (χ1) is 11.6. The van der Waals surface area contributed by atoms with Crippen LogP contribution in [-0.4, -0.2) is 21.6 Å². The average molecular weight is 326 g/mol. The van der Waals surface area contributed by atoms with Crippen LogP contribution in [-0.2, 0) is 16.1 Å². The summed E-state index contributed by atoms with van der Waals surface area (Å²) in [4.78, 5) is 24.2. The van der Waals surface area contributed by atoms with Gasteiger partial charge in [0, 0.05) is 29.7 Å². The fourth-order valence-electron chi connectivity index (χ4n) is 3.04. The van der Waals surface area contributed by atoms with Crippen molar-refractivity contribution >= 4 is 23.2 Å². The summed E-state index contributed by atoms with van der Waals surface area (Å²) < 4.78 is 1.57. The van der Waals surface area contributed by atoms with Gasteiger partial charge in [0.15, 0.2) is 0 Å². The number of aryl methyl sites for hydroxylation is 1. The zero-order chi connectivity index (χ0) is 16.9. The van der Waals surface area contributed by atoms with Gasteiger partial charge in [-0.05, 0) is 49.6 Å².